The van der Waals surface area contributed by atoms with Gasteiger partial charge in [0.2, 0.25) is 5.91 Å². The van der Waals surface area contributed by atoms with Crippen LogP contribution in [0.2, 0.25) is 0 Å². The Bertz CT molecular complexity index is 220. The van der Waals surface area contributed by atoms with E-state index in [1.54, 1.807) is 0 Å². The first kappa shape index (κ1) is 20.0. The van der Waals surface area contributed by atoms with E-state index in [4.69, 9.17) is 5.73 Å². The van der Waals surface area contributed by atoms with Gasteiger partial charge in [-0.15, -0.1) is 12.4 Å². The van der Waals surface area contributed by atoms with Gasteiger partial charge in [-0.05, 0) is 37.0 Å². The maximum atomic E-state index is 11.8. The van der Waals surface area contributed by atoms with Gasteiger partial charge in [-0.2, -0.15) is 0 Å². The highest BCUT2D eigenvalue weighted by atomic mass is 35.5. The zero-order valence-corrected chi connectivity index (χ0v) is 13.4. The minimum atomic E-state index is -0.363. The van der Waals surface area contributed by atoms with Crippen LogP contribution in [0, 0.1) is 11.3 Å². The van der Waals surface area contributed by atoms with Gasteiger partial charge in [-0.3, -0.25) is 4.79 Å². The minimum Gasteiger partial charge on any atom is -0.354 e. The molecule has 0 aliphatic rings. The fourth-order valence-electron chi connectivity index (χ4n) is 2.15. The Morgan fingerprint density at radius 2 is 1.61 bits per heavy atom. The molecule has 0 aliphatic carbocycles. The summed E-state index contributed by atoms with van der Waals surface area (Å²) in [5, 5.41) is 3.02. The smallest absolute Gasteiger partial charge is 0.236 e. The van der Waals surface area contributed by atoms with Crippen molar-refractivity contribution in [3.63, 3.8) is 0 Å². The van der Waals surface area contributed by atoms with Crippen LogP contribution >= 0.6 is 12.4 Å². The monoisotopic (exact) mass is 278 g/mol. The lowest BCUT2D eigenvalue weighted by atomic mass is 9.80. The van der Waals surface area contributed by atoms with E-state index in [1.807, 2.05) is 0 Å². The molecule has 3 N–H and O–H groups in total. The van der Waals surface area contributed by atoms with Gasteiger partial charge < -0.3 is 11.1 Å². The van der Waals surface area contributed by atoms with Crippen LogP contribution in [0.5, 0.6) is 0 Å². The Labute approximate surface area is 119 Å². The van der Waals surface area contributed by atoms with E-state index in [1.165, 1.54) is 0 Å². The lowest BCUT2D eigenvalue weighted by Gasteiger charge is -2.31. The molecule has 1 atom stereocenters. The molecule has 0 unspecified atom stereocenters. The number of hydrogen-bond acceptors (Lipinski definition) is 2. The Morgan fingerprint density at radius 3 is 1.94 bits per heavy atom. The van der Waals surface area contributed by atoms with Crippen LogP contribution in [-0.4, -0.2) is 18.5 Å². The summed E-state index contributed by atoms with van der Waals surface area (Å²) in [5.41, 5.74) is 6.10. The van der Waals surface area contributed by atoms with Crippen LogP contribution in [0.4, 0.5) is 0 Å². The number of amides is 1. The van der Waals surface area contributed by atoms with Crippen LogP contribution in [0.3, 0.4) is 0 Å². The summed E-state index contributed by atoms with van der Waals surface area (Å²) in [6, 6.07) is -0.363. The molecule has 0 aromatic heterocycles. The van der Waals surface area contributed by atoms with Crippen molar-refractivity contribution in [1.82, 2.24) is 5.32 Å². The van der Waals surface area contributed by atoms with E-state index in [-0.39, 0.29) is 29.8 Å². The zero-order chi connectivity index (χ0) is 13.5. The average Bonchev–Trinajstić information content (AvgIpc) is 2.30. The number of hydrogen-bond donors (Lipinski definition) is 2. The van der Waals surface area contributed by atoms with Gasteiger partial charge in [0.05, 0.1) is 6.04 Å². The van der Waals surface area contributed by atoms with E-state index >= 15 is 0 Å². The van der Waals surface area contributed by atoms with Gasteiger partial charge in [-0.25, -0.2) is 0 Å². The number of nitrogens with one attached hydrogen (secondary N) is 1. The minimum absolute atomic E-state index is 0. The Morgan fingerprint density at radius 1 is 1.17 bits per heavy atom. The second-order valence-corrected chi connectivity index (χ2v) is 5.51. The zero-order valence-electron chi connectivity index (χ0n) is 12.6. The second-order valence-electron chi connectivity index (χ2n) is 5.51. The number of rotatable bonds is 8. The molecule has 0 aromatic rings. The quantitative estimate of drug-likeness (QED) is 0.717. The Hall–Kier alpha value is -0.280. The van der Waals surface area contributed by atoms with Gasteiger partial charge in [0.1, 0.15) is 0 Å². The summed E-state index contributed by atoms with van der Waals surface area (Å²) in [6.45, 7) is 11.5. The van der Waals surface area contributed by atoms with Crippen molar-refractivity contribution in [3.05, 3.63) is 0 Å². The van der Waals surface area contributed by atoms with E-state index in [9.17, 15) is 4.79 Å². The molecule has 0 spiro atoms. The first-order valence-electron chi connectivity index (χ1n) is 6.94. The van der Waals surface area contributed by atoms with Crippen molar-refractivity contribution in [2.75, 3.05) is 6.54 Å². The van der Waals surface area contributed by atoms with Gasteiger partial charge in [0.15, 0.2) is 0 Å². The lowest BCUT2D eigenvalue weighted by Crippen LogP contribution is -2.45. The standard InChI is InChI=1S/C14H30N2O.ClH/c1-6-14(7-2,8-3)10-16-13(17)12(15)9-11(4)5;/h11-12H,6-10,15H2,1-5H3,(H,16,17);1H/t12-;/m0./s1. The average molecular weight is 279 g/mol. The fourth-order valence-corrected chi connectivity index (χ4v) is 2.15. The Kier molecular flexibility index (Phi) is 10.7. The summed E-state index contributed by atoms with van der Waals surface area (Å²) in [7, 11) is 0. The highest BCUT2D eigenvalue weighted by Crippen LogP contribution is 2.29. The van der Waals surface area contributed by atoms with E-state index in [0.29, 0.717) is 5.92 Å². The highest BCUT2D eigenvalue weighted by Gasteiger charge is 2.25. The van der Waals surface area contributed by atoms with Crippen LogP contribution in [0.1, 0.15) is 60.3 Å². The van der Waals surface area contributed by atoms with Crippen molar-refractivity contribution in [2.45, 2.75) is 66.3 Å². The van der Waals surface area contributed by atoms with E-state index < -0.39 is 0 Å². The molecular formula is C14H31ClN2O. The molecule has 0 saturated carbocycles. The molecule has 0 fully saturated rings. The molecular weight excluding hydrogens is 248 g/mol. The van der Waals surface area contributed by atoms with E-state index in [2.05, 4.69) is 39.9 Å². The Balaban J connectivity index is 0. The molecule has 18 heavy (non-hydrogen) atoms. The van der Waals surface area contributed by atoms with Gasteiger partial charge >= 0.3 is 0 Å². The fraction of sp³-hybridized carbons (Fsp3) is 0.929. The number of nitrogens with two attached hydrogens (primary N) is 1. The molecule has 0 aliphatic heterocycles. The molecule has 0 saturated heterocycles. The topological polar surface area (TPSA) is 55.1 Å². The predicted octanol–water partition coefficient (Wildman–Crippen LogP) is 3.11. The molecule has 3 nitrogen and oxygen atoms in total. The van der Waals surface area contributed by atoms with Crippen molar-refractivity contribution in [2.24, 2.45) is 17.1 Å². The van der Waals surface area contributed by atoms with Crippen LogP contribution in [-0.2, 0) is 4.79 Å². The lowest BCUT2D eigenvalue weighted by molar-refractivity contribution is -0.123. The maximum absolute atomic E-state index is 11.8. The number of carbonyl (C=O) groups is 1. The number of halogens is 1. The molecule has 0 rings (SSSR count). The number of carbonyl (C=O) groups excluding carboxylic acids is 1. The first-order chi connectivity index (χ1) is 7.90. The first-order valence-corrected chi connectivity index (χ1v) is 6.94. The normalized spacial score (nSPS) is 13.1. The SMILES string of the molecule is CCC(CC)(CC)CNC(=O)[C@@H](N)CC(C)C.Cl. The third kappa shape index (κ3) is 6.60. The summed E-state index contributed by atoms with van der Waals surface area (Å²) in [6.07, 6.45) is 4.04. The molecule has 0 aromatic carbocycles. The van der Waals surface area contributed by atoms with Gasteiger partial charge in [0, 0.05) is 6.54 Å². The highest BCUT2D eigenvalue weighted by molar-refractivity contribution is 5.85. The van der Waals surface area contributed by atoms with Crippen molar-refractivity contribution in [3.8, 4) is 0 Å². The molecule has 110 valence electrons. The summed E-state index contributed by atoms with van der Waals surface area (Å²) in [4.78, 5) is 11.8. The summed E-state index contributed by atoms with van der Waals surface area (Å²) in [5.74, 6) is 0.461. The molecule has 0 radical (unpaired) electrons. The molecule has 4 heteroatoms. The predicted molar refractivity (Wildman–Crippen MR) is 81.0 cm³/mol. The van der Waals surface area contributed by atoms with Crippen molar-refractivity contribution in [1.29, 1.82) is 0 Å². The van der Waals surface area contributed by atoms with Crippen molar-refractivity contribution >= 4 is 18.3 Å². The van der Waals surface area contributed by atoms with Crippen molar-refractivity contribution < 1.29 is 4.79 Å². The third-order valence-corrected chi connectivity index (χ3v) is 3.95. The van der Waals surface area contributed by atoms with E-state index in [0.717, 1.165) is 32.2 Å². The van der Waals surface area contributed by atoms with Crippen LogP contribution < -0.4 is 11.1 Å². The molecule has 0 heterocycles. The van der Waals surface area contributed by atoms with Gasteiger partial charge in [0.25, 0.3) is 0 Å². The van der Waals surface area contributed by atoms with Crippen LogP contribution in [0.25, 0.3) is 0 Å². The van der Waals surface area contributed by atoms with Crippen LogP contribution in [0.15, 0.2) is 0 Å². The summed E-state index contributed by atoms with van der Waals surface area (Å²) < 4.78 is 0. The molecule has 0 bridgehead atoms. The maximum Gasteiger partial charge on any atom is 0.236 e. The largest absolute Gasteiger partial charge is 0.354 e. The summed E-state index contributed by atoms with van der Waals surface area (Å²) >= 11 is 0. The molecule has 1 amide bonds. The second kappa shape index (κ2) is 9.62. The third-order valence-electron chi connectivity index (χ3n) is 3.95. The van der Waals surface area contributed by atoms with Gasteiger partial charge in [-0.1, -0.05) is 34.6 Å².